The first-order valence-corrected chi connectivity index (χ1v) is 13.1. The van der Waals surface area contributed by atoms with E-state index in [0.29, 0.717) is 36.9 Å². The molecule has 2 amide bonds. The van der Waals surface area contributed by atoms with Gasteiger partial charge in [0.05, 0.1) is 17.8 Å². The van der Waals surface area contributed by atoms with Crippen LogP contribution in [0.3, 0.4) is 0 Å². The summed E-state index contributed by atoms with van der Waals surface area (Å²) in [6.07, 6.45) is 0.525. The lowest BCUT2D eigenvalue weighted by Gasteiger charge is -2.30. The fraction of sp³-hybridized carbons (Fsp3) is 0.258. The summed E-state index contributed by atoms with van der Waals surface area (Å²) in [5.41, 5.74) is 4.51. The lowest BCUT2D eigenvalue weighted by molar-refractivity contribution is 0.205. The highest BCUT2D eigenvalue weighted by Crippen LogP contribution is 2.33. The topological polar surface area (TPSA) is 70.6 Å². The summed E-state index contributed by atoms with van der Waals surface area (Å²) in [7, 11) is 1.91. The fourth-order valence-electron chi connectivity index (χ4n) is 4.51. The highest BCUT2D eigenvalue weighted by molar-refractivity contribution is 5.89. The van der Waals surface area contributed by atoms with Crippen LogP contribution in [-0.2, 0) is 19.5 Å². The van der Waals surface area contributed by atoms with Gasteiger partial charge in [-0.1, -0.05) is 68.4 Å². The second-order valence-electron chi connectivity index (χ2n) is 10.0. The monoisotopic (exact) mass is 525 g/mol. The minimum absolute atomic E-state index is 0.0712. The summed E-state index contributed by atoms with van der Waals surface area (Å²) >= 11 is 0. The van der Waals surface area contributed by atoms with Crippen LogP contribution >= 0.6 is 0 Å². The maximum Gasteiger partial charge on any atom is 0.322 e. The van der Waals surface area contributed by atoms with Crippen LogP contribution in [0.2, 0.25) is 0 Å². The number of halogens is 1. The number of carbonyl (C=O) groups is 1. The fourth-order valence-corrected chi connectivity index (χ4v) is 4.51. The molecule has 0 aliphatic carbocycles. The largest absolute Gasteiger partial charge is 0.435 e. The summed E-state index contributed by atoms with van der Waals surface area (Å²) < 4.78 is 20.5. The van der Waals surface area contributed by atoms with Crippen LogP contribution in [-0.4, -0.2) is 34.5 Å². The van der Waals surface area contributed by atoms with Crippen molar-refractivity contribution in [3.63, 3.8) is 0 Å². The zero-order valence-corrected chi connectivity index (χ0v) is 22.4. The molecule has 1 N–H and O–H groups in total. The van der Waals surface area contributed by atoms with Gasteiger partial charge in [0.1, 0.15) is 0 Å². The average molecular weight is 526 g/mol. The van der Waals surface area contributed by atoms with Gasteiger partial charge in [-0.3, -0.25) is 0 Å². The Hall–Kier alpha value is -4.46. The SMILES string of the molecule is CC(C)c1ccc(NC(=O)N2CCc3nc(N(C)Cc4ccccc4)nc(Oc4ccccc4F)c3C2)cc1. The minimum Gasteiger partial charge on any atom is -0.435 e. The van der Waals surface area contributed by atoms with Crippen LogP contribution in [0.5, 0.6) is 11.6 Å². The van der Waals surface area contributed by atoms with Gasteiger partial charge in [-0.25, -0.2) is 14.2 Å². The molecular formula is C31H32FN5O2. The summed E-state index contributed by atoms with van der Waals surface area (Å²) in [5.74, 6) is 0.727. The molecule has 7 nitrogen and oxygen atoms in total. The molecule has 2 heterocycles. The minimum atomic E-state index is -0.487. The van der Waals surface area contributed by atoms with Gasteiger partial charge in [0.25, 0.3) is 0 Å². The lowest BCUT2D eigenvalue weighted by Crippen LogP contribution is -2.39. The standard InChI is InChI=1S/C31H32FN5O2/c1-21(2)23-13-15-24(16-14-23)33-31(38)37-18-17-27-25(20-37)29(39-28-12-8-7-11-26(28)32)35-30(34-27)36(3)19-22-9-5-4-6-10-22/h4-16,21H,17-20H2,1-3H3,(H,33,38). The average Bonchev–Trinajstić information content (AvgIpc) is 2.94. The third-order valence-corrected chi connectivity index (χ3v) is 6.77. The first-order valence-electron chi connectivity index (χ1n) is 13.1. The number of hydrogen-bond donors (Lipinski definition) is 1. The summed E-state index contributed by atoms with van der Waals surface area (Å²) in [5, 5.41) is 2.98. The van der Waals surface area contributed by atoms with Crippen molar-refractivity contribution in [2.45, 2.75) is 39.3 Å². The Bertz CT molecular complexity index is 1440. The van der Waals surface area contributed by atoms with Crippen LogP contribution in [0, 0.1) is 5.82 Å². The van der Waals surface area contributed by atoms with Gasteiger partial charge >= 0.3 is 6.03 Å². The van der Waals surface area contributed by atoms with E-state index in [0.717, 1.165) is 16.9 Å². The first-order chi connectivity index (χ1) is 18.9. The number of aromatic nitrogens is 2. The summed E-state index contributed by atoms with van der Waals surface area (Å²) in [6.45, 7) is 5.60. The molecule has 0 saturated carbocycles. The molecule has 1 aliphatic rings. The van der Waals surface area contributed by atoms with E-state index in [4.69, 9.17) is 14.7 Å². The number of anilines is 2. The van der Waals surface area contributed by atoms with Crippen LogP contribution in [0.15, 0.2) is 78.9 Å². The van der Waals surface area contributed by atoms with Gasteiger partial charge < -0.3 is 19.9 Å². The van der Waals surface area contributed by atoms with Crippen molar-refractivity contribution < 1.29 is 13.9 Å². The van der Waals surface area contributed by atoms with Crippen molar-refractivity contribution in [2.24, 2.45) is 0 Å². The number of nitrogens with zero attached hydrogens (tertiary/aromatic N) is 4. The summed E-state index contributed by atoms with van der Waals surface area (Å²) in [4.78, 5) is 26.3. The molecule has 0 bridgehead atoms. The number of nitrogens with one attached hydrogen (secondary N) is 1. The first kappa shape index (κ1) is 26.2. The number of benzene rings is 3. The molecule has 8 heteroatoms. The number of urea groups is 1. The van der Waals surface area contributed by atoms with E-state index in [1.165, 1.54) is 11.6 Å². The number of para-hydroxylation sites is 1. The molecule has 0 atom stereocenters. The van der Waals surface area contributed by atoms with Gasteiger partial charge in [0.2, 0.25) is 11.8 Å². The molecule has 39 heavy (non-hydrogen) atoms. The maximum atomic E-state index is 14.5. The molecule has 0 unspecified atom stereocenters. The molecule has 0 spiro atoms. The van der Waals surface area contributed by atoms with E-state index in [9.17, 15) is 9.18 Å². The normalized spacial score (nSPS) is 12.7. The van der Waals surface area contributed by atoms with Gasteiger partial charge in [-0.2, -0.15) is 4.98 Å². The van der Waals surface area contributed by atoms with Crippen molar-refractivity contribution in [2.75, 3.05) is 23.8 Å². The highest BCUT2D eigenvalue weighted by Gasteiger charge is 2.28. The van der Waals surface area contributed by atoms with E-state index >= 15 is 0 Å². The van der Waals surface area contributed by atoms with Crippen LogP contribution < -0.4 is 15.0 Å². The predicted octanol–water partition coefficient (Wildman–Crippen LogP) is 6.76. The van der Waals surface area contributed by atoms with Crippen LogP contribution in [0.4, 0.5) is 20.8 Å². The zero-order valence-electron chi connectivity index (χ0n) is 22.4. The Morgan fingerprint density at radius 2 is 1.74 bits per heavy atom. The van der Waals surface area contributed by atoms with Gasteiger partial charge in [-0.15, -0.1) is 0 Å². The molecule has 1 aromatic heterocycles. The Balaban J connectivity index is 1.40. The molecule has 3 aromatic carbocycles. The quantitative estimate of drug-likeness (QED) is 0.289. The predicted molar refractivity (Wildman–Crippen MR) is 151 cm³/mol. The number of rotatable bonds is 7. The molecule has 0 radical (unpaired) electrons. The molecule has 1 aliphatic heterocycles. The van der Waals surface area contributed by atoms with Crippen LogP contribution in [0.1, 0.15) is 42.1 Å². The van der Waals surface area contributed by atoms with E-state index in [1.54, 1.807) is 23.1 Å². The maximum absolute atomic E-state index is 14.5. The Morgan fingerprint density at radius 3 is 2.46 bits per heavy atom. The molecule has 0 fully saturated rings. The van der Waals surface area contributed by atoms with Crippen molar-refractivity contribution in [3.8, 4) is 11.6 Å². The second-order valence-corrected chi connectivity index (χ2v) is 10.0. The van der Waals surface area contributed by atoms with Crippen molar-refractivity contribution >= 4 is 17.7 Å². The van der Waals surface area contributed by atoms with Crippen molar-refractivity contribution in [1.82, 2.24) is 14.9 Å². The number of ether oxygens (including phenoxy) is 1. The van der Waals surface area contributed by atoms with Gasteiger partial charge in [0, 0.05) is 32.2 Å². The molecule has 0 saturated heterocycles. The molecule has 5 rings (SSSR count). The summed E-state index contributed by atoms with van der Waals surface area (Å²) in [6, 6.07) is 23.9. The van der Waals surface area contributed by atoms with Gasteiger partial charge in [-0.05, 0) is 41.3 Å². The Morgan fingerprint density at radius 1 is 1.03 bits per heavy atom. The third kappa shape index (κ3) is 6.17. The number of hydrogen-bond acceptors (Lipinski definition) is 5. The van der Waals surface area contributed by atoms with E-state index in [-0.39, 0.29) is 24.2 Å². The van der Waals surface area contributed by atoms with Crippen LogP contribution in [0.25, 0.3) is 0 Å². The van der Waals surface area contributed by atoms with E-state index in [1.807, 2.05) is 66.5 Å². The highest BCUT2D eigenvalue weighted by atomic mass is 19.1. The molecular weight excluding hydrogens is 493 g/mol. The van der Waals surface area contributed by atoms with E-state index in [2.05, 4.69) is 19.2 Å². The Kier molecular flexibility index (Phi) is 7.72. The van der Waals surface area contributed by atoms with E-state index < -0.39 is 5.82 Å². The zero-order chi connectivity index (χ0) is 27.4. The van der Waals surface area contributed by atoms with Crippen molar-refractivity contribution in [1.29, 1.82) is 0 Å². The lowest BCUT2D eigenvalue weighted by atomic mass is 10.0. The molecule has 200 valence electrons. The molecule has 4 aromatic rings. The number of fused-ring (bicyclic) bond motifs is 1. The second kappa shape index (κ2) is 11.5. The third-order valence-electron chi connectivity index (χ3n) is 6.77. The van der Waals surface area contributed by atoms with Crippen molar-refractivity contribution in [3.05, 3.63) is 107 Å². The number of amides is 2. The smallest absolute Gasteiger partial charge is 0.322 e. The Labute approximate surface area is 228 Å². The van der Waals surface area contributed by atoms with Gasteiger partial charge in [0.15, 0.2) is 11.6 Å². The number of carbonyl (C=O) groups excluding carboxylic acids is 1.